The van der Waals surface area contributed by atoms with Crippen LogP contribution in [0.15, 0.2) is 42.5 Å². The molecule has 8 nitrogen and oxygen atoms in total. The molecule has 0 spiro atoms. The Bertz CT molecular complexity index is 1160. The van der Waals surface area contributed by atoms with Crippen molar-refractivity contribution in [1.29, 1.82) is 0 Å². The zero-order valence-electron chi connectivity index (χ0n) is 21.7. The highest BCUT2D eigenvalue weighted by Crippen LogP contribution is 2.25. The van der Waals surface area contributed by atoms with E-state index >= 15 is 0 Å². The molecule has 0 aliphatic rings. The van der Waals surface area contributed by atoms with Crippen molar-refractivity contribution in [2.75, 3.05) is 30.3 Å². The first-order valence-electron chi connectivity index (χ1n) is 12.2. The number of anilines is 1. The summed E-state index contributed by atoms with van der Waals surface area (Å²) in [4.78, 5) is 28.1. The smallest absolute Gasteiger partial charge is 0.244 e. The highest BCUT2D eigenvalue weighted by Gasteiger charge is 2.31. The van der Waals surface area contributed by atoms with Crippen LogP contribution in [0.2, 0.25) is 10.0 Å². The summed E-state index contributed by atoms with van der Waals surface area (Å²) in [5.41, 5.74) is 0.976. The first kappa shape index (κ1) is 30.7. The fraction of sp³-hybridized carbons (Fsp3) is 0.462. The zero-order chi connectivity index (χ0) is 27.6. The van der Waals surface area contributed by atoms with Gasteiger partial charge in [0.1, 0.15) is 18.3 Å². The van der Waals surface area contributed by atoms with E-state index in [1.54, 1.807) is 49.4 Å². The third-order valence-corrected chi connectivity index (χ3v) is 7.55. The van der Waals surface area contributed by atoms with Gasteiger partial charge in [-0.25, -0.2) is 8.42 Å². The van der Waals surface area contributed by atoms with Crippen LogP contribution in [0.1, 0.15) is 45.6 Å². The van der Waals surface area contributed by atoms with E-state index in [4.69, 9.17) is 27.9 Å². The van der Waals surface area contributed by atoms with Crippen LogP contribution in [-0.4, -0.2) is 57.1 Å². The average molecular weight is 573 g/mol. The lowest BCUT2D eigenvalue weighted by Crippen LogP contribution is -2.52. The van der Waals surface area contributed by atoms with Crippen LogP contribution >= 0.6 is 23.2 Å². The van der Waals surface area contributed by atoms with Crippen LogP contribution in [0.4, 0.5) is 5.69 Å². The molecule has 2 aromatic carbocycles. The number of hydrogen-bond donors (Lipinski definition) is 1. The van der Waals surface area contributed by atoms with Gasteiger partial charge in [0.25, 0.3) is 0 Å². The summed E-state index contributed by atoms with van der Waals surface area (Å²) in [6, 6.07) is 10.6. The van der Waals surface area contributed by atoms with E-state index in [0.29, 0.717) is 46.6 Å². The Morgan fingerprint density at radius 2 is 1.70 bits per heavy atom. The fourth-order valence-electron chi connectivity index (χ4n) is 3.75. The average Bonchev–Trinajstić information content (AvgIpc) is 2.84. The number of halogens is 2. The van der Waals surface area contributed by atoms with Gasteiger partial charge in [0, 0.05) is 13.1 Å². The van der Waals surface area contributed by atoms with Gasteiger partial charge >= 0.3 is 0 Å². The summed E-state index contributed by atoms with van der Waals surface area (Å²) >= 11 is 12.2. The van der Waals surface area contributed by atoms with Crippen molar-refractivity contribution in [3.05, 3.63) is 58.1 Å². The van der Waals surface area contributed by atoms with E-state index in [1.807, 2.05) is 13.8 Å². The molecule has 0 unspecified atom stereocenters. The number of sulfonamides is 1. The molecule has 0 aliphatic heterocycles. The molecular weight excluding hydrogens is 537 g/mol. The molecule has 1 atom stereocenters. The van der Waals surface area contributed by atoms with E-state index < -0.39 is 28.5 Å². The third-order valence-electron chi connectivity index (χ3n) is 5.67. The third kappa shape index (κ3) is 9.09. The molecule has 0 radical (unpaired) electrons. The van der Waals surface area contributed by atoms with Gasteiger partial charge in [0.2, 0.25) is 21.8 Å². The number of nitrogens with zero attached hydrogens (tertiary/aromatic N) is 2. The molecule has 0 fully saturated rings. The maximum absolute atomic E-state index is 13.7. The number of ether oxygens (including phenoxy) is 1. The molecular formula is C26H35Cl2N3O5S. The molecule has 0 aromatic heterocycles. The number of amides is 2. The maximum atomic E-state index is 13.7. The van der Waals surface area contributed by atoms with Crippen molar-refractivity contribution in [1.82, 2.24) is 10.2 Å². The van der Waals surface area contributed by atoms with E-state index in [-0.39, 0.29) is 12.5 Å². The minimum absolute atomic E-state index is 0.0519. The Kier molecular flexibility index (Phi) is 12.0. The number of carbonyl (C=O) groups is 2. The summed E-state index contributed by atoms with van der Waals surface area (Å²) in [6.45, 7) is 6.20. The number of unbranched alkanes of at least 4 members (excludes halogenated alkanes) is 1. The predicted molar refractivity (Wildman–Crippen MR) is 149 cm³/mol. The number of hydrogen-bond acceptors (Lipinski definition) is 5. The summed E-state index contributed by atoms with van der Waals surface area (Å²) in [7, 11) is -3.82. The maximum Gasteiger partial charge on any atom is 0.244 e. The first-order valence-corrected chi connectivity index (χ1v) is 14.8. The fourth-order valence-corrected chi connectivity index (χ4v) is 4.92. The summed E-state index contributed by atoms with van der Waals surface area (Å²) in [5.74, 6) is -0.235. The minimum Gasteiger partial charge on any atom is -0.494 e. The molecule has 204 valence electrons. The monoisotopic (exact) mass is 571 g/mol. The van der Waals surface area contributed by atoms with E-state index in [0.717, 1.165) is 23.4 Å². The van der Waals surface area contributed by atoms with Gasteiger partial charge in [0.15, 0.2) is 0 Å². The minimum atomic E-state index is -3.82. The molecule has 1 N–H and O–H groups in total. The van der Waals surface area contributed by atoms with E-state index in [1.165, 1.54) is 4.90 Å². The Labute approximate surface area is 229 Å². The molecule has 0 heterocycles. The molecule has 11 heteroatoms. The summed E-state index contributed by atoms with van der Waals surface area (Å²) < 4.78 is 31.9. The Morgan fingerprint density at radius 3 is 2.24 bits per heavy atom. The quantitative estimate of drug-likeness (QED) is 0.326. The van der Waals surface area contributed by atoms with Gasteiger partial charge in [0.05, 0.1) is 28.6 Å². The van der Waals surface area contributed by atoms with Crippen LogP contribution in [0.3, 0.4) is 0 Å². The van der Waals surface area contributed by atoms with Crippen LogP contribution < -0.4 is 14.4 Å². The summed E-state index contributed by atoms with van der Waals surface area (Å²) in [6.07, 6.45) is 3.10. The van der Waals surface area contributed by atoms with Crippen molar-refractivity contribution in [3.8, 4) is 5.75 Å². The summed E-state index contributed by atoms with van der Waals surface area (Å²) in [5, 5.41) is 3.57. The number of benzene rings is 2. The first-order chi connectivity index (χ1) is 17.5. The van der Waals surface area contributed by atoms with Crippen molar-refractivity contribution in [3.63, 3.8) is 0 Å². The highest BCUT2D eigenvalue weighted by atomic mass is 35.5. The van der Waals surface area contributed by atoms with Gasteiger partial charge in [-0.2, -0.15) is 0 Å². The van der Waals surface area contributed by atoms with Crippen LogP contribution in [-0.2, 0) is 26.2 Å². The lowest BCUT2D eigenvalue weighted by atomic mass is 10.1. The van der Waals surface area contributed by atoms with E-state index in [2.05, 4.69) is 5.32 Å². The standard InChI is InChI=1S/C26H35Cl2N3O5S/c1-5-8-15-29-26(33)24(6-2)30(17-19-9-14-22(27)23(28)16-19)25(32)18-31(37(4,34)35)20-10-12-21(13-11-20)36-7-3/h9-14,16,24H,5-8,15,17-18H2,1-4H3,(H,29,33)/t24-/m0/s1. The van der Waals surface area contributed by atoms with Crippen LogP contribution in [0.25, 0.3) is 0 Å². The largest absolute Gasteiger partial charge is 0.494 e. The van der Waals surface area contributed by atoms with Gasteiger partial charge < -0.3 is 15.0 Å². The van der Waals surface area contributed by atoms with Crippen LogP contribution in [0.5, 0.6) is 5.75 Å². The van der Waals surface area contributed by atoms with Crippen molar-refractivity contribution in [2.24, 2.45) is 0 Å². The Balaban J connectivity index is 2.41. The Hall–Kier alpha value is -2.49. The molecule has 37 heavy (non-hydrogen) atoms. The second-order valence-electron chi connectivity index (χ2n) is 8.54. The van der Waals surface area contributed by atoms with Crippen molar-refractivity contribution < 1.29 is 22.7 Å². The predicted octanol–water partition coefficient (Wildman–Crippen LogP) is 4.88. The molecule has 0 aliphatic carbocycles. The second-order valence-corrected chi connectivity index (χ2v) is 11.3. The van der Waals surface area contributed by atoms with Crippen molar-refractivity contribution >= 4 is 50.7 Å². The second kappa shape index (κ2) is 14.4. The lowest BCUT2D eigenvalue weighted by molar-refractivity contribution is -0.140. The van der Waals surface area contributed by atoms with Gasteiger partial charge in [-0.05, 0) is 61.7 Å². The topological polar surface area (TPSA) is 96.0 Å². The number of nitrogens with one attached hydrogen (secondary N) is 1. The molecule has 2 amide bonds. The lowest BCUT2D eigenvalue weighted by Gasteiger charge is -2.33. The number of rotatable bonds is 14. The molecule has 0 bridgehead atoms. The number of carbonyl (C=O) groups excluding carboxylic acids is 2. The highest BCUT2D eigenvalue weighted by molar-refractivity contribution is 7.92. The van der Waals surface area contributed by atoms with Gasteiger partial charge in [-0.1, -0.05) is 49.5 Å². The molecule has 0 saturated heterocycles. The molecule has 2 rings (SSSR count). The zero-order valence-corrected chi connectivity index (χ0v) is 24.0. The Morgan fingerprint density at radius 1 is 1.03 bits per heavy atom. The molecule has 2 aromatic rings. The van der Waals surface area contributed by atoms with Crippen molar-refractivity contribution in [2.45, 2.75) is 52.6 Å². The van der Waals surface area contributed by atoms with Crippen LogP contribution in [0, 0.1) is 0 Å². The van der Waals surface area contributed by atoms with Gasteiger partial charge in [-0.3, -0.25) is 13.9 Å². The molecule has 0 saturated carbocycles. The van der Waals surface area contributed by atoms with E-state index in [9.17, 15) is 18.0 Å². The normalized spacial score (nSPS) is 12.1. The SMILES string of the molecule is CCCCNC(=O)[C@H](CC)N(Cc1ccc(Cl)c(Cl)c1)C(=O)CN(c1ccc(OCC)cc1)S(C)(=O)=O. The van der Waals surface area contributed by atoms with Gasteiger partial charge in [-0.15, -0.1) is 0 Å².